The Labute approximate surface area is 394 Å². The van der Waals surface area contributed by atoms with Gasteiger partial charge in [-0.1, -0.05) is 74.7 Å². The number of nitrogens with zero attached hydrogens (tertiary/aromatic N) is 2. The fraction of sp³-hybridized carbons (Fsp3) is 0.396. The molecule has 3 amide bonds. The van der Waals surface area contributed by atoms with E-state index in [9.17, 15) is 49.1 Å². The van der Waals surface area contributed by atoms with Gasteiger partial charge in [0.15, 0.2) is 0 Å². The number of nitro benzene ring substituents is 1. The van der Waals surface area contributed by atoms with Gasteiger partial charge in [0.1, 0.15) is 16.7 Å². The molecule has 0 aliphatic heterocycles. The van der Waals surface area contributed by atoms with Crippen LogP contribution in [0, 0.1) is 17.0 Å². The summed E-state index contributed by atoms with van der Waals surface area (Å²) in [5.41, 5.74) is 3.01. The standard InChI is InChI=1S/C16H15ClN2O3.C16H22N2O6.C16H23NO4/c17-15-13(4-2-10-18-15)16(22)19-12-8-6-11(7-9-12)3-1-5-14(20)21;19-14-10-9-12(18(23)24)11-13(14)17-15(20)7-5-3-1-2-4-6-8-16(21)22;1-12-8-9-13(14(18)11-12)16(21)17-10-6-4-2-3-5-7-15(19)20/h2,4,6-10H,1,3,5H2,(H,19,22)(H,20,21);9-11,19H,1-8H2,(H,17,20)(H,21,22);8-9,11,18H,2-7,10H2,1H3,(H,17,21)(H,19,20). The second-order valence-corrected chi connectivity index (χ2v) is 15.8. The molecular formula is C48H60ClN5O13. The SMILES string of the molecule is Cc1ccc(C(=O)NCCCCCCCC(=O)O)c(O)c1.O=C(O)CCCCCCCCC(=O)Nc1cc([N+](=O)[O-])ccc1O.O=C(O)CCCc1ccc(NC(=O)c2cccnc2Cl)cc1. The number of aromatic nitrogens is 1. The van der Waals surface area contributed by atoms with Crippen molar-refractivity contribution in [1.29, 1.82) is 0 Å². The third-order valence-corrected chi connectivity index (χ3v) is 10.1. The number of rotatable bonds is 26. The number of aliphatic carboxylic acids is 3. The van der Waals surface area contributed by atoms with Gasteiger partial charge >= 0.3 is 17.9 Å². The van der Waals surface area contributed by atoms with Crippen molar-refractivity contribution in [3.05, 3.63) is 117 Å². The van der Waals surface area contributed by atoms with Crippen molar-refractivity contribution in [3.8, 4) is 11.5 Å². The zero-order valence-corrected chi connectivity index (χ0v) is 38.3. The average molecular weight is 950 g/mol. The van der Waals surface area contributed by atoms with Gasteiger partial charge in [-0.3, -0.25) is 38.9 Å². The number of pyridine rings is 1. The van der Waals surface area contributed by atoms with Crippen LogP contribution in [0.2, 0.25) is 5.15 Å². The van der Waals surface area contributed by atoms with Crippen LogP contribution in [0.3, 0.4) is 0 Å². The zero-order valence-electron chi connectivity index (χ0n) is 37.5. The second-order valence-electron chi connectivity index (χ2n) is 15.4. The van der Waals surface area contributed by atoms with Crippen LogP contribution < -0.4 is 16.0 Å². The molecule has 362 valence electrons. The van der Waals surface area contributed by atoms with Crippen molar-refractivity contribution in [1.82, 2.24) is 10.3 Å². The number of non-ortho nitro benzene ring substituents is 1. The van der Waals surface area contributed by atoms with Crippen LogP contribution in [0.4, 0.5) is 17.1 Å². The van der Waals surface area contributed by atoms with Crippen LogP contribution in [-0.2, 0) is 25.6 Å². The molecule has 0 radical (unpaired) electrons. The lowest BCUT2D eigenvalue weighted by atomic mass is 10.1. The van der Waals surface area contributed by atoms with Gasteiger partial charge in [0.2, 0.25) is 5.91 Å². The molecule has 0 spiro atoms. The summed E-state index contributed by atoms with van der Waals surface area (Å²) in [5, 5.41) is 63.7. The first-order valence-electron chi connectivity index (χ1n) is 22.0. The van der Waals surface area contributed by atoms with E-state index < -0.39 is 22.8 Å². The molecule has 0 unspecified atom stereocenters. The minimum atomic E-state index is -0.794. The number of phenolic OH excluding ortho intramolecular Hbond substituents is 2. The minimum Gasteiger partial charge on any atom is -0.507 e. The van der Waals surface area contributed by atoms with Crippen molar-refractivity contribution in [3.63, 3.8) is 0 Å². The molecule has 0 bridgehead atoms. The lowest BCUT2D eigenvalue weighted by Gasteiger charge is -2.07. The summed E-state index contributed by atoms with van der Waals surface area (Å²) in [4.78, 5) is 80.8. The number of hydrogen-bond acceptors (Lipinski definition) is 11. The van der Waals surface area contributed by atoms with Gasteiger partial charge in [-0.05, 0) is 99.0 Å². The number of anilines is 2. The number of carbonyl (C=O) groups excluding carboxylic acids is 3. The van der Waals surface area contributed by atoms with Gasteiger partial charge < -0.3 is 41.5 Å². The Balaban J connectivity index is 0.000000346. The van der Waals surface area contributed by atoms with Gasteiger partial charge in [0.05, 0.1) is 21.7 Å². The maximum absolute atomic E-state index is 12.1. The normalized spacial score (nSPS) is 10.3. The summed E-state index contributed by atoms with van der Waals surface area (Å²) in [7, 11) is 0. The average Bonchev–Trinajstić information content (AvgIpc) is 3.27. The van der Waals surface area contributed by atoms with Crippen molar-refractivity contribution in [2.75, 3.05) is 17.2 Å². The molecule has 0 saturated carbocycles. The van der Waals surface area contributed by atoms with Crippen molar-refractivity contribution in [2.45, 2.75) is 116 Å². The number of unbranched alkanes of at least 4 members (excludes halogenated alkanes) is 9. The number of carbonyl (C=O) groups is 6. The number of nitro groups is 1. The molecule has 19 heteroatoms. The summed E-state index contributed by atoms with van der Waals surface area (Å²) < 4.78 is 0. The molecule has 8 N–H and O–H groups in total. The molecule has 0 saturated heterocycles. The van der Waals surface area contributed by atoms with Crippen LogP contribution in [0.15, 0.2) is 79.0 Å². The van der Waals surface area contributed by atoms with E-state index in [2.05, 4.69) is 20.9 Å². The first-order valence-corrected chi connectivity index (χ1v) is 22.4. The molecule has 4 aromatic rings. The minimum absolute atomic E-state index is 0.00108. The summed E-state index contributed by atoms with van der Waals surface area (Å²) in [5.74, 6) is -3.44. The Morgan fingerprint density at radius 2 is 1.19 bits per heavy atom. The number of amides is 3. The molecule has 3 aromatic carbocycles. The van der Waals surface area contributed by atoms with Gasteiger partial charge in [0, 0.05) is 56.2 Å². The Morgan fingerprint density at radius 1 is 0.627 bits per heavy atom. The number of aromatic hydroxyl groups is 2. The van der Waals surface area contributed by atoms with Crippen LogP contribution in [0.25, 0.3) is 0 Å². The topological polar surface area (TPSA) is 296 Å². The molecule has 1 heterocycles. The highest BCUT2D eigenvalue weighted by molar-refractivity contribution is 6.33. The van der Waals surface area contributed by atoms with Crippen LogP contribution in [0.1, 0.15) is 135 Å². The third-order valence-electron chi connectivity index (χ3n) is 9.83. The predicted molar refractivity (Wildman–Crippen MR) is 253 cm³/mol. The monoisotopic (exact) mass is 949 g/mol. The lowest BCUT2D eigenvalue weighted by molar-refractivity contribution is -0.384. The zero-order chi connectivity index (χ0) is 49.6. The highest BCUT2D eigenvalue weighted by Gasteiger charge is 2.14. The summed E-state index contributed by atoms with van der Waals surface area (Å²) in [6.45, 7) is 2.41. The van der Waals surface area contributed by atoms with E-state index >= 15 is 0 Å². The molecule has 0 atom stereocenters. The van der Waals surface area contributed by atoms with E-state index in [1.165, 1.54) is 12.3 Å². The molecule has 1 aromatic heterocycles. The maximum atomic E-state index is 12.1. The first kappa shape index (κ1) is 56.1. The van der Waals surface area contributed by atoms with E-state index in [4.69, 9.17) is 26.9 Å². The van der Waals surface area contributed by atoms with Gasteiger partial charge in [-0.2, -0.15) is 0 Å². The van der Waals surface area contributed by atoms with Crippen molar-refractivity contribution in [2.24, 2.45) is 0 Å². The van der Waals surface area contributed by atoms with Gasteiger partial charge in [0.25, 0.3) is 17.5 Å². The van der Waals surface area contributed by atoms with E-state index in [1.54, 1.807) is 42.5 Å². The number of halogens is 1. The Morgan fingerprint density at radius 3 is 1.76 bits per heavy atom. The van der Waals surface area contributed by atoms with E-state index in [-0.39, 0.29) is 71.4 Å². The molecule has 0 aliphatic rings. The Kier molecular flexibility index (Phi) is 26.5. The number of nitrogens with one attached hydrogen (secondary N) is 3. The van der Waals surface area contributed by atoms with Crippen molar-refractivity contribution >= 4 is 64.3 Å². The number of hydrogen-bond donors (Lipinski definition) is 8. The molecular weight excluding hydrogens is 890 g/mol. The third kappa shape index (κ3) is 24.7. The van der Waals surface area contributed by atoms with Crippen LogP contribution in [0.5, 0.6) is 11.5 Å². The summed E-state index contributed by atoms with van der Waals surface area (Å²) >= 11 is 5.87. The predicted octanol–water partition coefficient (Wildman–Crippen LogP) is 9.69. The number of phenols is 2. The second kappa shape index (κ2) is 31.7. The maximum Gasteiger partial charge on any atom is 0.303 e. The van der Waals surface area contributed by atoms with E-state index in [0.717, 1.165) is 74.6 Å². The largest absolute Gasteiger partial charge is 0.507 e. The molecule has 18 nitrogen and oxygen atoms in total. The summed E-state index contributed by atoms with van der Waals surface area (Å²) in [6, 6.07) is 19.0. The van der Waals surface area contributed by atoms with E-state index in [1.807, 2.05) is 19.1 Å². The number of aryl methyl sites for hydroxylation is 2. The quantitative estimate of drug-likeness (QED) is 0.00956. The molecule has 67 heavy (non-hydrogen) atoms. The highest BCUT2D eigenvalue weighted by Crippen LogP contribution is 2.28. The highest BCUT2D eigenvalue weighted by atomic mass is 35.5. The Hall–Kier alpha value is -7.08. The molecule has 4 rings (SSSR count). The van der Waals surface area contributed by atoms with E-state index in [0.29, 0.717) is 55.5 Å². The molecule has 0 aliphatic carbocycles. The van der Waals surface area contributed by atoms with Gasteiger partial charge in [-0.25, -0.2) is 4.98 Å². The number of carboxylic acids is 3. The fourth-order valence-electron chi connectivity index (χ4n) is 6.23. The van der Waals surface area contributed by atoms with Crippen LogP contribution in [-0.4, -0.2) is 77.6 Å². The van der Waals surface area contributed by atoms with Gasteiger partial charge in [-0.15, -0.1) is 0 Å². The lowest BCUT2D eigenvalue weighted by Crippen LogP contribution is -2.24. The first-order chi connectivity index (χ1) is 32.0. The van der Waals surface area contributed by atoms with Crippen LogP contribution >= 0.6 is 11.6 Å². The molecule has 0 fully saturated rings. The number of carboxylic acid groups (broad SMARTS) is 3. The Bertz CT molecular complexity index is 2240. The smallest absolute Gasteiger partial charge is 0.303 e. The fourth-order valence-corrected chi connectivity index (χ4v) is 6.44. The van der Waals surface area contributed by atoms with Crippen molar-refractivity contribution < 1.29 is 59.2 Å². The number of benzene rings is 3. The summed E-state index contributed by atoms with van der Waals surface area (Å²) in [6.07, 6.45) is 12.9.